The molecule has 1 fully saturated rings. The van der Waals surface area contributed by atoms with Gasteiger partial charge in [0.15, 0.2) is 5.16 Å². The SMILES string of the molecule is Cc1nc(SCCCC(=O)N2CCCCC2)n(C)c(=O)c1Cc1ccccc1F. The number of carbonyl (C=O) groups is 1. The number of hydrogen-bond acceptors (Lipinski definition) is 4. The Hall–Kier alpha value is -2.15. The highest BCUT2D eigenvalue weighted by molar-refractivity contribution is 7.99. The molecule has 0 N–H and O–H groups in total. The number of carbonyl (C=O) groups excluding carboxylic acids is 1. The Labute approximate surface area is 175 Å². The molecule has 3 rings (SSSR count). The molecule has 0 unspecified atom stereocenters. The number of aryl methyl sites for hydroxylation is 1. The number of aromatic nitrogens is 2. The second-order valence-electron chi connectivity index (χ2n) is 7.48. The molecule has 156 valence electrons. The van der Waals surface area contributed by atoms with Gasteiger partial charge in [-0.3, -0.25) is 14.2 Å². The third kappa shape index (κ3) is 5.47. The summed E-state index contributed by atoms with van der Waals surface area (Å²) >= 11 is 1.49. The van der Waals surface area contributed by atoms with E-state index in [1.807, 2.05) is 4.90 Å². The van der Waals surface area contributed by atoms with Crippen LogP contribution in [0.3, 0.4) is 0 Å². The largest absolute Gasteiger partial charge is 0.343 e. The topological polar surface area (TPSA) is 55.2 Å². The van der Waals surface area contributed by atoms with Crippen LogP contribution in [-0.4, -0.2) is 39.2 Å². The lowest BCUT2D eigenvalue weighted by Crippen LogP contribution is -2.35. The van der Waals surface area contributed by atoms with Crippen molar-refractivity contribution in [1.29, 1.82) is 0 Å². The van der Waals surface area contributed by atoms with E-state index in [4.69, 9.17) is 0 Å². The number of benzene rings is 1. The van der Waals surface area contributed by atoms with E-state index < -0.39 is 0 Å². The minimum atomic E-state index is -0.314. The summed E-state index contributed by atoms with van der Waals surface area (Å²) in [6.45, 7) is 3.55. The van der Waals surface area contributed by atoms with Gasteiger partial charge in [-0.05, 0) is 44.2 Å². The summed E-state index contributed by atoms with van der Waals surface area (Å²) in [5, 5.41) is 0.634. The molecular formula is C22H28FN3O2S. The summed E-state index contributed by atoms with van der Waals surface area (Å²) in [5.41, 5.74) is 1.49. The van der Waals surface area contributed by atoms with E-state index in [1.54, 1.807) is 32.2 Å². The molecule has 0 atom stereocenters. The first-order valence-corrected chi connectivity index (χ1v) is 11.2. The molecule has 0 spiro atoms. The van der Waals surface area contributed by atoms with Gasteiger partial charge in [0.05, 0.1) is 0 Å². The molecule has 0 radical (unpaired) electrons. The first-order valence-electron chi connectivity index (χ1n) is 10.2. The number of nitrogens with zero attached hydrogens (tertiary/aromatic N) is 3. The molecule has 0 saturated carbocycles. The van der Waals surface area contributed by atoms with Crippen LogP contribution in [0, 0.1) is 12.7 Å². The lowest BCUT2D eigenvalue weighted by Gasteiger charge is -2.26. The molecule has 1 aliphatic rings. The van der Waals surface area contributed by atoms with E-state index in [9.17, 15) is 14.0 Å². The number of thioether (sulfide) groups is 1. The van der Waals surface area contributed by atoms with Crippen molar-refractivity contribution in [2.24, 2.45) is 7.05 Å². The Morgan fingerprint density at radius 1 is 1.21 bits per heavy atom. The van der Waals surface area contributed by atoms with Crippen LogP contribution in [0.4, 0.5) is 4.39 Å². The summed E-state index contributed by atoms with van der Waals surface area (Å²) in [6.07, 6.45) is 4.94. The van der Waals surface area contributed by atoms with Crippen LogP contribution >= 0.6 is 11.8 Å². The number of halogens is 1. The van der Waals surface area contributed by atoms with Gasteiger partial charge in [-0.15, -0.1) is 0 Å². The van der Waals surface area contributed by atoms with Crippen molar-refractivity contribution in [1.82, 2.24) is 14.5 Å². The van der Waals surface area contributed by atoms with Crippen LogP contribution in [0.1, 0.15) is 48.9 Å². The van der Waals surface area contributed by atoms with Crippen molar-refractivity contribution in [2.45, 2.75) is 50.6 Å². The van der Waals surface area contributed by atoms with Crippen molar-refractivity contribution in [2.75, 3.05) is 18.8 Å². The normalized spacial score (nSPS) is 14.2. The third-order valence-electron chi connectivity index (χ3n) is 5.35. The highest BCUT2D eigenvalue weighted by Gasteiger charge is 2.17. The molecule has 1 aromatic carbocycles. The lowest BCUT2D eigenvalue weighted by atomic mass is 10.0. The fourth-order valence-electron chi connectivity index (χ4n) is 3.58. The molecule has 0 aliphatic carbocycles. The van der Waals surface area contributed by atoms with Crippen LogP contribution in [0.25, 0.3) is 0 Å². The zero-order valence-electron chi connectivity index (χ0n) is 17.1. The molecule has 0 bridgehead atoms. The Balaban J connectivity index is 1.60. The fourth-order valence-corrected chi connectivity index (χ4v) is 4.53. The average Bonchev–Trinajstić information content (AvgIpc) is 2.73. The van der Waals surface area contributed by atoms with Gasteiger partial charge < -0.3 is 4.90 Å². The van der Waals surface area contributed by atoms with Gasteiger partial charge in [0.1, 0.15) is 5.82 Å². The number of likely N-dealkylation sites (tertiary alicyclic amines) is 1. The minimum absolute atomic E-state index is 0.146. The summed E-state index contributed by atoms with van der Waals surface area (Å²) in [5.74, 6) is 0.640. The number of amides is 1. The van der Waals surface area contributed by atoms with Crippen molar-refractivity contribution in [3.05, 3.63) is 57.3 Å². The van der Waals surface area contributed by atoms with Crippen LogP contribution in [0.2, 0.25) is 0 Å². The van der Waals surface area contributed by atoms with Crippen molar-refractivity contribution >= 4 is 17.7 Å². The van der Waals surface area contributed by atoms with Crippen LogP contribution in [-0.2, 0) is 18.3 Å². The smallest absolute Gasteiger partial charge is 0.257 e. The molecule has 2 aromatic rings. The highest BCUT2D eigenvalue weighted by Crippen LogP contribution is 2.19. The second kappa shape index (κ2) is 10.1. The van der Waals surface area contributed by atoms with Gasteiger partial charge in [-0.25, -0.2) is 9.37 Å². The quantitative estimate of drug-likeness (QED) is 0.392. The van der Waals surface area contributed by atoms with Gasteiger partial charge in [0.25, 0.3) is 5.56 Å². The second-order valence-corrected chi connectivity index (χ2v) is 8.55. The van der Waals surface area contributed by atoms with E-state index in [0.717, 1.165) is 38.1 Å². The number of piperidine rings is 1. The molecule has 29 heavy (non-hydrogen) atoms. The maximum absolute atomic E-state index is 14.0. The molecule has 1 amide bonds. The molecule has 2 heterocycles. The Bertz CT molecular complexity index is 923. The van der Waals surface area contributed by atoms with Crippen molar-refractivity contribution in [3.8, 4) is 0 Å². The summed E-state index contributed by atoms with van der Waals surface area (Å²) in [4.78, 5) is 31.6. The predicted molar refractivity (Wildman–Crippen MR) is 114 cm³/mol. The van der Waals surface area contributed by atoms with E-state index in [0.29, 0.717) is 28.4 Å². The molecule has 5 nitrogen and oxygen atoms in total. The standard InChI is InChI=1S/C22H28FN3O2S/c1-16-18(15-17-9-4-5-10-19(17)23)21(28)25(2)22(24-16)29-14-8-11-20(27)26-12-6-3-7-13-26/h4-5,9-10H,3,6-8,11-15H2,1-2H3. The first-order chi connectivity index (χ1) is 14.0. The van der Waals surface area contributed by atoms with Gasteiger partial charge >= 0.3 is 0 Å². The van der Waals surface area contributed by atoms with Gasteiger partial charge in [-0.1, -0.05) is 30.0 Å². The van der Waals surface area contributed by atoms with E-state index in [1.165, 1.54) is 28.8 Å². The first kappa shape index (κ1) is 21.6. The summed E-state index contributed by atoms with van der Waals surface area (Å²) < 4.78 is 15.5. The fraction of sp³-hybridized carbons (Fsp3) is 0.500. The number of rotatable bonds is 7. The Morgan fingerprint density at radius 3 is 2.66 bits per heavy atom. The number of hydrogen-bond donors (Lipinski definition) is 0. The Kier molecular flexibility index (Phi) is 7.47. The summed E-state index contributed by atoms with van der Waals surface area (Å²) in [7, 11) is 1.70. The van der Waals surface area contributed by atoms with Crippen LogP contribution in [0.5, 0.6) is 0 Å². The minimum Gasteiger partial charge on any atom is -0.343 e. The van der Waals surface area contributed by atoms with Gasteiger partial charge in [-0.2, -0.15) is 0 Å². The zero-order valence-corrected chi connectivity index (χ0v) is 17.9. The van der Waals surface area contributed by atoms with E-state index in [2.05, 4.69) is 4.98 Å². The molecule has 7 heteroatoms. The monoisotopic (exact) mass is 417 g/mol. The average molecular weight is 418 g/mol. The van der Waals surface area contributed by atoms with Crippen molar-refractivity contribution in [3.63, 3.8) is 0 Å². The lowest BCUT2D eigenvalue weighted by molar-refractivity contribution is -0.132. The Morgan fingerprint density at radius 2 is 1.93 bits per heavy atom. The molecule has 1 saturated heterocycles. The predicted octanol–water partition coefficient (Wildman–Crippen LogP) is 3.70. The summed E-state index contributed by atoms with van der Waals surface area (Å²) in [6, 6.07) is 6.49. The molecular weight excluding hydrogens is 389 g/mol. The zero-order chi connectivity index (χ0) is 20.8. The van der Waals surface area contributed by atoms with E-state index in [-0.39, 0.29) is 23.7 Å². The maximum Gasteiger partial charge on any atom is 0.257 e. The third-order valence-corrected chi connectivity index (χ3v) is 6.47. The van der Waals surface area contributed by atoms with Crippen LogP contribution in [0.15, 0.2) is 34.2 Å². The molecule has 1 aliphatic heterocycles. The van der Waals surface area contributed by atoms with Gasteiger partial charge in [0, 0.05) is 50.0 Å². The maximum atomic E-state index is 14.0. The van der Waals surface area contributed by atoms with E-state index >= 15 is 0 Å². The van der Waals surface area contributed by atoms with Crippen molar-refractivity contribution < 1.29 is 9.18 Å². The highest BCUT2D eigenvalue weighted by atomic mass is 32.2. The molecule has 1 aromatic heterocycles. The van der Waals surface area contributed by atoms with Crippen LogP contribution < -0.4 is 5.56 Å². The van der Waals surface area contributed by atoms with Gasteiger partial charge in [0.2, 0.25) is 5.91 Å².